The summed E-state index contributed by atoms with van der Waals surface area (Å²) in [7, 11) is 0. The first-order chi connectivity index (χ1) is 52.0. The number of aliphatic hydroxyl groups is 3. The minimum Gasteiger partial charge on any atom is -0.391 e. The summed E-state index contributed by atoms with van der Waals surface area (Å²) in [5.74, 6) is -0.0608. The molecule has 2 aromatic heterocycles. The van der Waals surface area contributed by atoms with E-state index >= 15 is 0 Å². The number of amidine groups is 1. The fourth-order valence-electron chi connectivity index (χ4n) is 16.3. The van der Waals surface area contributed by atoms with E-state index in [1.807, 2.05) is 118 Å². The molecule has 0 spiro atoms. The Bertz CT molecular complexity index is 4350. The Morgan fingerprint density at radius 1 is 0.593 bits per heavy atom. The largest absolute Gasteiger partial charge is 0.391 e. The van der Waals surface area contributed by atoms with E-state index in [0.717, 1.165) is 62.0 Å². The second kappa shape index (κ2) is 36.8. The molecule has 5 N–H and O–H groups in total. The Labute approximate surface area is 642 Å². The van der Waals surface area contributed by atoms with Gasteiger partial charge in [-0.2, -0.15) is 11.5 Å². The molecule has 570 valence electrons. The maximum atomic E-state index is 14.0. The second-order valence-electron chi connectivity index (χ2n) is 30.4. The number of ketones is 2. The predicted octanol–water partition coefficient (Wildman–Crippen LogP) is 11.8. The summed E-state index contributed by atoms with van der Waals surface area (Å²) in [6.45, 7) is 25.2. The zero-order chi connectivity index (χ0) is 76.9. The first-order valence-electron chi connectivity index (χ1n) is 38.2. The number of aliphatic imine (C=N–C) groups is 1. The Hall–Kier alpha value is -9.15. The lowest BCUT2D eigenvalue weighted by molar-refractivity contribution is -0.144. The van der Waals surface area contributed by atoms with E-state index in [0.29, 0.717) is 62.5 Å². The predicted molar refractivity (Wildman–Crippen MR) is 420 cm³/mol. The van der Waals surface area contributed by atoms with Crippen LogP contribution in [0.1, 0.15) is 179 Å². The van der Waals surface area contributed by atoms with Gasteiger partial charge in [-0.05, 0) is 120 Å². The summed E-state index contributed by atoms with van der Waals surface area (Å²) < 4.78 is 0. The van der Waals surface area contributed by atoms with Crippen LogP contribution in [-0.4, -0.2) is 171 Å². The summed E-state index contributed by atoms with van der Waals surface area (Å²) >= 11 is 3.20. The van der Waals surface area contributed by atoms with Gasteiger partial charge in [0.15, 0.2) is 17.4 Å². The molecule has 7 aromatic rings. The molecule has 5 aromatic carbocycles. The number of fused-ring (bicyclic) bond motifs is 2. The minimum absolute atomic E-state index is 0.0189. The molecule has 0 unspecified atom stereocenters. The number of amides is 5. The lowest BCUT2D eigenvalue weighted by Crippen LogP contribution is -2.55. The highest BCUT2D eigenvalue weighted by Crippen LogP contribution is 2.37. The number of hydrogen-bond acceptors (Lipinski definition) is 16. The van der Waals surface area contributed by atoms with Gasteiger partial charge in [-0.3, -0.25) is 43.5 Å². The molecule has 5 amide bonds. The van der Waals surface area contributed by atoms with Crippen molar-refractivity contribution in [1.29, 1.82) is 0 Å². The first kappa shape index (κ1) is 79.9. The standard InChI is InChI=1S/C32H42N2O3.C30H32N6O3S.C23H29N3O4S/c1-22(2)31(33-19-26-10-6-7-11-27(26)20-33)32(37)34-21-28(35)18-29(34)30(36)17-14-23-12-15-25(16-13-23)24-8-4-3-5-9-24;1-18(2)26(36-15-22-7-5-6-8-24(22)29(36)38)30(39)35-16-23(37)13-25(35)28(34-31-4)32-14-20-9-11-21(12-10-20)27-19(3)33-17-40-27;1-4-19(25-15(3)27)23(30)26-12-18(28)11-20(26)21(29)10-7-16-5-8-17(9-6-16)22-14(2)24-13-31-22/h6-7,10-13,15-16,22,24,28-29,31,35H,3-5,8-9,14,17-21H2,1-2H3;5-12,17-18,23,25-26,37H,13-16H2,1-3H3,(H,32,34);5-6,8-9,13,18-20,28H,4,7,10-12H2,1-3H3,(H,25,27)/t28-,29+,31+;23-,25+,26+;18-,19+,20+/m111/s1. The van der Waals surface area contributed by atoms with E-state index in [4.69, 9.17) is 6.57 Å². The van der Waals surface area contributed by atoms with Crippen LogP contribution in [0, 0.1) is 32.3 Å². The normalized spacial score (nSPS) is 20.8. The molecule has 1 aliphatic carbocycles. The number of nitrogens with one attached hydrogen (secondary N) is 2. The Morgan fingerprint density at radius 3 is 1.53 bits per heavy atom. The summed E-state index contributed by atoms with van der Waals surface area (Å²) in [4.78, 5) is 119. The first-order valence-corrected chi connectivity index (χ1v) is 40.0. The number of carbonyl (C=O) groups excluding carboxylic acids is 7. The number of Topliss-reactive ketones (excluding diaryl/α,β-unsaturated/α-hetero) is 2. The van der Waals surface area contributed by atoms with Crippen LogP contribution in [0.25, 0.3) is 25.8 Å². The maximum absolute atomic E-state index is 14.0. The molecule has 4 fully saturated rings. The number of hydrogen-bond donors (Lipinski definition) is 5. The van der Waals surface area contributed by atoms with E-state index in [-0.39, 0.29) is 97.9 Å². The third kappa shape index (κ3) is 19.3. The molecule has 0 radical (unpaired) electrons. The van der Waals surface area contributed by atoms with Crippen molar-refractivity contribution in [3.63, 3.8) is 0 Å². The van der Waals surface area contributed by atoms with Crippen LogP contribution in [0.2, 0.25) is 0 Å². The number of aromatic nitrogens is 2. The van der Waals surface area contributed by atoms with Crippen molar-refractivity contribution in [2.24, 2.45) is 16.8 Å². The highest BCUT2D eigenvalue weighted by molar-refractivity contribution is 7.13. The Kier molecular flexibility index (Phi) is 27.2. The van der Waals surface area contributed by atoms with Crippen LogP contribution in [0.4, 0.5) is 0 Å². The average molecular weight is 1500 g/mol. The molecule has 5 aliphatic heterocycles. The van der Waals surface area contributed by atoms with Crippen molar-refractivity contribution in [2.75, 3.05) is 19.6 Å². The molecule has 23 heteroatoms. The summed E-state index contributed by atoms with van der Waals surface area (Å²) in [5.41, 5.74) is 19.1. The number of β-amino-alcohol motifs (C(OH)–C–C–N with tert-alkyl or cyclic N) is 3. The molecule has 3 saturated heterocycles. The van der Waals surface area contributed by atoms with Crippen molar-refractivity contribution < 1.29 is 48.9 Å². The molecule has 1 saturated carbocycles. The number of carbonyl (C=O) groups is 7. The van der Waals surface area contributed by atoms with Crippen LogP contribution >= 0.6 is 22.7 Å². The second-order valence-corrected chi connectivity index (χ2v) is 32.1. The lowest BCUT2D eigenvalue weighted by atomic mass is 9.84. The highest BCUT2D eigenvalue weighted by Gasteiger charge is 2.48. The molecule has 0 bridgehead atoms. The zero-order valence-electron chi connectivity index (χ0n) is 63.3. The number of likely N-dealkylation sites (tertiary alicyclic amines) is 3. The van der Waals surface area contributed by atoms with Gasteiger partial charge in [0.25, 0.3) is 5.91 Å². The van der Waals surface area contributed by atoms with Gasteiger partial charge in [0.1, 0.15) is 12.1 Å². The molecule has 21 nitrogen and oxygen atoms in total. The fraction of sp³-hybridized carbons (Fsp3) is 0.471. The Balaban J connectivity index is 0.000000163. The van der Waals surface area contributed by atoms with Gasteiger partial charge in [-0.25, -0.2) is 9.97 Å². The van der Waals surface area contributed by atoms with Crippen LogP contribution < -0.4 is 10.7 Å². The van der Waals surface area contributed by atoms with Crippen molar-refractivity contribution >= 4 is 69.6 Å². The van der Waals surface area contributed by atoms with Gasteiger partial charge >= 0.3 is 0 Å². The van der Waals surface area contributed by atoms with Crippen LogP contribution in [0.15, 0.2) is 137 Å². The summed E-state index contributed by atoms with van der Waals surface area (Å²) in [5, 5.41) is 33.8. The monoisotopic (exact) mass is 1500 g/mol. The lowest BCUT2D eigenvalue weighted by Gasteiger charge is -2.35. The maximum Gasteiger partial charge on any atom is 0.255 e. The van der Waals surface area contributed by atoms with Crippen molar-refractivity contribution in [1.82, 2.24) is 45.2 Å². The number of thiazole rings is 2. The number of nitrogens with zero attached hydrogens (tertiary/aromatic N) is 9. The number of benzene rings is 5. The van der Waals surface area contributed by atoms with Crippen molar-refractivity contribution in [2.45, 2.75) is 226 Å². The van der Waals surface area contributed by atoms with E-state index < -0.39 is 48.5 Å². The minimum atomic E-state index is -0.757. The molecule has 6 aliphatic rings. The van der Waals surface area contributed by atoms with Gasteiger partial charge in [-0.15, -0.1) is 22.7 Å². The quantitative estimate of drug-likeness (QED) is 0.0173. The molecular formula is C85H103N11O10S2. The van der Waals surface area contributed by atoms with E-state index in [9.17, 15) is 48.9 Å². The van der Waals surface area contributed by atoms with Crippen LogP contribution in [0.3, 0.4) is 0 Å². The topological polar surface area (TPSA) is 263 Å². The number of rotatable bonds is 23. The third-order valence-corrected chi connectivity index (χ3v) is 23.9. The average Bonchev–Trinajstić information content (AvgIpc) is 1.63. The van der Waals surface area contributed by atoms with Crippen LogP contribution in [-0.2, 0) is 67.8 Å². The van der Waals surface area contributed by atoms with E-state index in [1.165, 1.54) is 66.2 Å². The van der Waals surface area contributed by atoms with Gasteiger partial charge in [0.05, 0.1) is 81.2 Å². The van der Waals surface area contributed by atoms with Gasteiger partial charge in [0, 0.05) is 83.9 Å². The SMILES string of the molecule is CC(C)[C@@H](C(=O)N1C[C@H](O)C[C@H]1C(=O)CCc1ccc(C2CCCCC2)cc1)N1Cc2ccccc2C1.CC[C@H](NC(C)=O)C(=O)N1C[C@H](O)C[C@H]1C(=O)CCc1ccc(-c2scnc2C)cc1.[C-]#[N+]NC(=NCc1ccc(-c2scnc2C)cc1)[C@@H]1C[C@@H](O)CN1C(=O)[C@H](C(C)C)N1Cc2ccccc2C1=O. The molecule has 7 heterocycles. The molecule has 13 rings (SSSR count). The number of aryl methyl sites for hydroxylation is 4. The molecular weight excluding hydrogens is 1400 g/mol. The molecule has 108 heavy (non-hydrogen) atoms. The highest BCUT2D eigenvalue weighted by atomic mass is 32.1. The zero-order valence-corrected chi connectivity index (χ0v) is 64.9. The third-order valence-electron chi connectivity index (χ3n) is 21.9. The van der Waals surface area contributed by atoms with E-state index in [1.54, 1.807) is 50.4 Å². The fourth-order valence-corrected chi connectivity index (χ4v) is 17.9. The van der Waals surface area contributed by atoms with Crippen molar-refractivity contribution in [3.05, 3.63) is 200 Å². The smallest absolute Gasteiger partial charge is 0.255 e. The van der Waals surface area contributed by atoms with Crippen LogP contribution in [0.5, 0.6) is 0 Å². The van der Waals surface area contributed by atoms with Gasteiger partial charge in [-0.1, -0.05) is 175 Å². The molecule has 9 atom stereocenters. The summed E-state index contributed by atoms with van der Waals surface area (Å²) in [6, 6.07) is 37.3. The summed E-state index contributed by atoms with van der Waals surface area (Å²) in [6.07, 6.45) is 7.65. The van der Waals surface area contributed by atoms with Crippen molar-refractivity contribution in [3.8, 4) is 20.9 Å². The number of aliphatic hydroxyl groups excluding tert-OH is 3. The Morgan fingerprint density at radius 2 is 1.06 bits per heavy atom. The van der Waals surface area contributed by atoms with Gasteiger partial charge < -0.3 is 40.2 Å². The van der Waals surface area contributed by atoms with Gasteiger partial charge in [0.2, 0.25) is 23.6 Å². The van der Waals surface area contributed by atoms with E-state index in [2.05, 4.69) is 85.8 Å².